The summed E-state index contributed by atoms with van der Waals surface area (Å²) >= 11 is 0. The third kappa shape index (κ3) is 0.809. The van der Waals surface area contributed by atoms with E-state index in [0.717, 1.165) is 0 Å². The third-order valence-electron chi connectivity index (χ3n) is 1.24. The smallest absolute Gasteiger partial charge is 0.253 e. The van der Waals surface area contributed by atoms with Crippen LogP contribution >= 0.6 is 0 Å². The molecule has 2 rings (SSSR count). The predicted octanol–water partition coefficient (Wildman–Crippen LogP) is -0.00402. The first-order valence-electron chi connectivity index (χ1n) is 2.96. The van der Waals surface area contributed by atoms with Gasteiger partial charge >= 0.3 is 0 Å². The van der Waals surface area contributed by atoms with Gasteiger partial charge in [0.05, 0.1) is 6.20 Å². The number of rotatable bonds is 0. The number of hydrogen-bond donors (Lipinski definition) is 0. The van der Waals surface area contributed by atoms with Gasteiger partial charge in [0.15, 0.2) is 5.65 Å². The van der Waals surface area contributed by atoms with Gasteiger partial charge in [-0.3, -0.25) is 4.98 Å². The fraction of sp³-hybridized carbons (Fsp3) is 0. The van der Waals surface area contributed by atoms with Crippen molar-refractivity contribution >= 4 is 5.65 Å². The molecule has 0 aliphatic carbocycles. The summed E-state index contributed by atoms with van der Waals surface area (Å²) in [6.07, 6.45) is 4.78. The first-order chi connectivity index (χ1) is 5.40. The van der Waals surface area contributed by atoms with Crippen LogP contribution in [0.2, 0.25) is 0 Å². The second-order valence-corrected chi connectivity index (χ2v) is 1.93. The van der Waals surface area contributed by atoms with Crippen LogP contribution in [0.5, 0.6) is 0 Å². The topological polar surface area (TPSA) is 66.9 Å². The largest absolute Gasteiger partial charge is 0.259 e. The van der Waals surface area contributed by atoms with Gasteiger partial charge in [0, 0.05) is 12.4 Å². The maximum Gasteiger partial charge on any atom is 0.253 e. The monoisotopic (exact) mass is 145 g/mol. The Balaban J connectivity index is 2.81. The van der Waals surface area contributed by atoms with Gasteiger partial charge in [-0.15, -0.1) is 5.10 Å². The Morgan fingerprint density at radius 2 is 2.45 bits per heavy atom. The van der Waals surface area contributed by atoms with E-state index in [4.69, 9.17) is 5.26 Å². The van der Waals surface area contributed by atoms with Gasteiger partial charge in [-0.25, -0.2) is 4.52 Å². The Bertz CT molecular complexity index is 391. The van der Waals surface area contributed by atoms with Crippen LogP contribution in [0.4, 0.5) is 0 Å². The van der Waals surface area contributed by atoms with E-state index >= 15 is 0 Å². The highest BCUT2D eigenvalue weighted by atomic mass is 15.3. The number of nitriles is 1. The highest BCUT2D eigenvalue weighted by Gasteiger charge is 1.99. The standard InChI is InChI=1S/C6H3N5/c7-3-5-9-6-4-8-1-2-11(6)10-5/h1-2,4H. The molecule has 2 heterocycles. The Hall–Kier alpha value is -1.96. The van der Waals surface area contributed by atoms with Crippen LogP contribution in [0.25, 0.3) is 5.65 Å². The lowest BCUT2D eigenvalue weighted by atomic mass is 10.7. The van der Waals surface area contributed by atoms with Crippen LogP contribution in [-0.4, -0.2) is 19.6 Å². The summed E-state index contributed by atoms with van der Waals surface area (Å²) in [5.41, 5.74) is 0.587. The summed E-state index contributed by atoms with van der Waals surface area (Å²) in [4.78, 5) is 7.69. The molecule has 0 aromatic carbocycles. The fourth-order valence-electron chi connectivity index (χ4n) is 0.792. The van der Waals surface area contributed by atoms with Crippen molar-refractivity contribution in [1.82, 2.24) is 19.6 Å². The van der Waals surface area contributed by atoms with Gasteiger partial charge in [0.25, 0.3) is 5.82 Å². The molecule has 0 saturated carbocycles. The molecule has 0 aliphatic heterocycles. The Morgan fingerprint density at radius 3 is 3.18 bits per heavy atom. The maximum absolute atomic E-state index is 8.43. The van der Waals surface area contributed by atoms with Crippen molar-refractivity contribution < 1.29 is 0 Å². The minimum atomic E-state index is 0.165. The van der Waals surface area contributed by atoms with Gasteiger partial charge in [0.2, 0.25) is 0 Å². The first-order valence-corrected chi connectivity index (χ1v) is 2.96. The van der Waals surface area contributed by atoms with E-state index in [2.05, 4.69) is 15.1 Å². The summed E-state index contributed by atoms with van der Waals surface area (Å²) in [7, 11) is 0. The van der Waals surface area contributed by atoms with E-state index < -0.39 is 0 Å². The van der Waals surface area contributed by atoms with Crippen molar-refractivity contribution in [2.45, 2.75) is 0 Å². The molecule has 0 spiro atoms. The molecule has 0 fully saturated rings. The number of aromatic nitrogens is 4. The summed E-state index contributed by atoms with van der Waals surface area (Å²) in [5, 5.41) is 12.3. The second kappa shape index (κ2) is 2.02. The van der Waals surface area contributed by atoms with E-state index in [1.54, 1.807) is 18.6 Å². The molecular formula is C6H3N5. The normalized spacial score (nSPS) is 9.73. The number of nitrogens with zero attached hydrogens (tertiary/aromatic N) is 5. The zero-order chi connectivity index (χ0) is 7.68. The molecule has 5 nitrogen and oxygen atoms in total. The van der Waals surface area contributed by atoms with Crippen LogP contribution < -0.4 is 0 Å². The minimum Gasteiger partial charge on any atom is -0.259 e. The van der Waals surface area contributed by atoms with Gasteiger partial charge in [0.1, 0.15) is 6.07 Å². The van der Waals surface area contributed by atoms with Crippen molar-refractivity contribution in [3.63, 3.8) is 0 Å². The zero-order valence-corrected chi connectivity index (χ0v) is 5.47. The van der Waals surface area contributed by atoms with Crippen LogP contribution in [-0.2, 0) is 0 Å². The van der Waals surface area contributed by atoms with Crippen molar-refractivity contribution in [2.24, 2.45) is 0 Å². The Morgan fingerprint density at radius 1 is 1.55 bits per heavy atom. The molecule has 0 radical (unpaired) electrons. The van der Waals surface area contributed by atoms with Crippen molar-refractivity contribution in [1.29, 1.82) is 5.26 Å². The fourth-order valence-corrected chi connectivity index (χ4v) is 0.792. The SMILES string of the molecule is N#Cc1nc2cnccn2n1. The van der Waals surface area contributed by atoms with Gasteiger partial charge in [-0.2, -0.15) is 10.2 Å². The number of hydrogen-bond acceptors (Lipinski definition) is 4. The molecule has 0 N–H and O–H groups in total. The molecule has 2 aromatic rings. The lowest BCUT2D eigenvalue weighted by Crippen LogP contribution is -1.85. The molecule has 0 atom stereocenters. The predicted molar refractivity (Wildman–Crippen MR) is 35.5 cm³/mol. The molecule has 0 saturated heterocycles. The minimum absolute atomic E-state index is 0.165. The van der Waals surface area contributed by atoms with Crippen LogP contribution in [0.15, 0.2) is 18.6 Å². The van der Waals surface area contributed by atoms with Gasteiger partial charge in [-0.1, -0.05) is 0 Å². The van der Waals surface area contributed by atoms with E-state index in [1.165, 1.54) is 4.52 Å². The molecule has 0 amide bonds. The zero-order valence-electron chi connectivity index (χ0n) is 5.47. The molecule has 52 valence electrons. The summed E-state index contributed by atoms with van der Waals surface area (Å²) in [6, 6.07) is 1.85. The van der Waals surface area contributed by atoms with Gasteiger partial charge < -0.3 is 0 Å². The molecule has 0 bridgehead atoms. The van der Waals surface area contributed by atoms with E-state index in [0.29, 0.717) is 5.65 Å². The van der Waals surface area contributed by atoms with E-state index in [-0.39, 0.29) is 5.82 Å². The first kappa shape index (κ1) is 5.80. The highest BCUT2D eigenvalue weighted by molar-refractivity contribution is 5.35. The summed E-state index contributed by atoms with van der Waals surface area (Å²) < 4.78 is 1.51. The molecule has 2 aromatic heterocycles. The number of fused-ring (bicyclic) bond motifs is 1. The van der Waals surface area contributed by atoms with E-state index in [9.17, 15) is 0 Å². The molecule has 11 heavy (non-hydrogen) atoms. The molecule has 0 unspecified atom stereocenters. The summed E-state index contributed by atoms with van der Waals surface area (Å²) in [6.45, 7) is 0. The summed E-state index contributed by atoms with van der Waals surface area (Å²) in [5.74, 6) is 0.165. The van der Waals surface area contributed by atoms with Crippen LogP contribution in [0, 0.1) is 11.3 Å². The van der Waals surface area contributed by atoms with Crippen molar-refractivity contribution in [2.75, 3.05) is 0 Å². The highest BCUT2D eigenvalue weighted by Crippen LogP contribution is 1.95. The quantitative estimate of drug-likeness (QED) is 0.523. The maximum atomic E-state index is 8.43. The molecule has 0 aliphatic rings. The Kier molecular flexibility index (Phi) is 1.07. The molecular weight excluding hydrogens is 142 g/mol. The lowest BCUT2D eigenvalue weighted by Gasteiger charge is -1.83. The second-order valence-electron chi connectivity index (χ2n) is 1.93. The van der Waals surface area contributed by atoms with Crippen molar-refractivity contribution in [3.8, 4) is 6.07 Å². The lowest BCUT2D eigenvalue weighted by molar-refractivity contribution is 0.936. The van der Waals surface area contributed by atoms with Gasteiger partial charge in [-0.05, 0) is 0 Å². The average Bonchev–Trinajstić information content (AvgIpc) is 2.46. The van der Waals surface area contributed by atoms with Crippen LogP contribution in [0.1, 0.15) is 5.82 Å². The Labute approximate surface area is 61.9 Å². The van der Waals surface area contributed by atoms with Crippen LogP contribution in [0.3, 0.4) is 0 Å². The molecule has 5 heteroatoms. The van der Waals surface area contributed by atoms with E-state index in [1.807, 2.05) is 6.07 Å². The third-order valence-corrected chi connectivity index (χ3v) is 1.24. The van der Waals surface area contributed by atoms with Crippen molar-refractivity contribution in [3.05, 3.63) is 24.4 Å². The average molecular weight is 145 g/mol.